The van der Waals surface area contributed by atoms with E-state index in [0.717, 1.165) is 0 Å². The summed E-state index contributed by atoms with van der Waals surface area (Å²) in [6.07, 6.45) is 1.38. The third-order valence-electron chi connectivity index (χ3n) is 4.51. The zero-order chi connectivity index (χ0) is 13.1. The second-order valence-corrected chi connectivity index (χ2v) is 5.96. The van der Waals surface area contributed by atoms with E-state index in [1.54, 1.807) is 0 Å². The molecule has 4 atom stereocenters. The molecule has 0 saturated carbocycles. The zero-order valence-corrected chi connectivity index (χ0v) is 10.6. The lowest BCUT2D eigenvalue weighted by molar-refractivity contribution is -0.127. The third-order valence-corrected chi connectivity index (χ3v) is 4.51. The van der Waals surface area contributed by atoms with Crippen molar-refractivity contribution < 1.29 is 14.7 Å². The fourth-order valence-electron chi connectivity index (χ4n) is 3.92. The summed E-state index contributed by atoms with van der Waals surface area (Å²) in [5, 5.41) is 15.2. The number of carbonyl (C=O) groups excluding carboxylic acids is 2. The van der Waals surface area contributed by atoms with Gasteiger partial charge in [0, 0.05) is 18.1 Å². The van der Waals surface area contributed by atoms with E-state index in [4.69, 9.17) is 0 Å². The standard InChI is InChI=1S/C12H19N3O3/c1-6(2)15-7-3-9(16)8(15)5-12(4-7)10(17)13-11(18)14-12/h6-9,16H,3-5H2,1-2H3,(H2,13,14,17,18)/t7-,8-,9+,12+/m1/s1. The van der Waals surface area contributed by atoms with Crippen molar-refractivity contribution in [3.05, 3.63) is 0 Å². The van der Waals surface area contributed by atoms with Gasteiger partial charge in [0.15, 0.2) is 0 Å². The zero-order valence-electron chi connectivity index (χ0n) is 10.6. The molecule has 3 rings (SSSR count). The number of urea groups is 1. The van der Waals surface area contributed by atoms with E-state index < -0.39 is 17.7 Å². The fraction of sp³-hybridized carbons (Fsp3) is 0.833. The van der Waals surface area contributed by atoms with Crippen LogP contribution < -0.4 is 10.6 Å². The number of amides is 3. The predicted molar refractivity (Wildman–Crippen MR) is 63.8 cm³/mol. The summed E-state index contributed by atoms with van der Waals surface area (Å²) in [5.74, 6) is -0.236. The molecule has 0 aromatic heterocycles. The van der Waals surface area contributed by atoms with Gasteiger partial charge in [-0.15, -0.1) is 0 Å². The average Bonchev–Trinajstić information content (AvgIpc) is 2.62. The van der Waals surface area contributed by atoms with Crippen LogP contribution in [0.3, 0.4) is 0 Å². The van der Waals surface area contributed by atoms with Crippen LogP contribution in [0.2, 0.25) is 0 Å². The Bertz CT molecular complexity index is 411. The number of nitrogens with zero attached hydrogens (tertiary/aromatic N) is 1. The van der Waals surface area contributed by atoms with Gasteiger partial charge in [-0.3, -0.25) is 15.0 Å². The normalized spacial score (nSPS) is 43.7. The SMILES string of the molecule is CC(C)N1[C@@H]2C[C@H](O)[C@H]1C[C@]1(C2)NC(=O)NC1=O. The van der Waals surface area contributed by atoms with Crippen LogP contribution in [0.5, 0.6) is 0 Å². The third kappa shape index (κ3) is 1.48. The van der Waals surface area contributed by atoms with Gasteiger partial charge in [0.05, 0.1) is 6.10 Å². The van der Waals surface area contributed by atoms with Gasteiger partial charge in [-0.2, -0.15) is 0 Å². The number of aliphatic hydroxyl groups excluding tert-OH is 1. The molecule has 0 aromatic rings. The summed E-state index contributed by atoms with van der Waals surface area (Å²) >= 11 is 0. The average molecular weight is 253 g/mol. The number of rotatable bonds is 1. The number of fused-ring (bicyclic) bond motifs is 2. The largest absolute Gasteiger partial charge is 0.391 e. The van der Waals surface area contributed by atoms with E-state index >= 15 is 0 Å². The van der Waals surface area contributed by atoms with Gasteiger partial charge in [-0.1, -0.05) is 0 Å². The first kappa shape index (κ1) is 11.9. The molecule has 0 unspecified atom stereocenters. The first-order chi connectivity index (χ1) is 8.43. The highest BCUT2D eigenvalue weighted by atomic mass is 16.3. The van der Waals surface area contributed by atoms with E-state index in [0.29, 0.717) is 25.3 Å². The molecule has 3 amide bonds. The van der Waals surface area contributed by atoms with E-state index in [9.17, 15) is 14.7 Å². The van der Waals surface area contributed by atoms with Crippen molar-refractivity contribution in [1.29, 1.82) is 0 Å². The van der Waals surface area contributed by atoms with Crippen molar-refractivity contribution >= 4 is 11.9 Å². The number of hydrogen-bond donors (Lipinski definition) is 3. The second-order valence-electron chi connectivity index (χ2n) is 5.96. The lowest BCUT2D eigenvalue weighted by atomic mass is 9.82. The lowest BCUT2D eigenvalue weighted by Gasteiger charge is -2.45. The molecule has 3 N–H and O–H groups in total. The highest BCUT2D eigenvalue weighted by Crippen LogP contribution is 2.43. The van der Waals surface area contributed by atoms with E-state index in [-0.39, 0.29) is 18.0 Å². The highest BCUT2D eigenvalue weighted by Gasteiger charge is 2.58. The molecule has 6 heteroatoms. The Morgan fingerprint density at radius 3 is 2.61 bits per heavy atom. The van der Waals surface area contributed by atoms with E-state index in [1.807, 2.05) is 0 Å². The summed E-state index contributed by atoms with van der Waals surface area (Å²) < 4.78 is 0. The molecule has 3 fully saturated rings. The van der Waals surface area contributed by atoms with Gasteiger partial charge in [0.2, 0.25) is 0 Å². The second kappa shape index (κ2) is 3.68. The van der Waals surface area contributed by atoms with Crippen LogP contribution in [0.4, 0.5) is 4.79 Å². The number of aliphatic hydroxyl groups is 1. The molecule has 100 valence electrons. The molecule has 0 aromatic carbocycles. The molecular formula is C12H19N3O3. The topological polar surface area (TPSA) is 81.7 Å². The Hall–Kier alpha value is -1.14. The molecule has 0 radical (unpaired) electrons. The molecule has 1 spiro atoms. The molecule has 3 heterocycles. The lowest BCUT2D eigenvalue weighted by Crippen LogP contribution is -2.61. The van der Waals surface area contributed by atoms with Crippen molar-refractivity contribution in [2.75, 3.05) is 0 Å². The van der Waals surface area contributed by atoms with Crippen LogP contribution in [-0.4, -0.2) is 51.7 Å². The smallest absolute Gasteiger partial charge is 0.322 e. The molecule has 3 aliphatic heterocycles. The quantitative estimate of drug-likeness (QED) is 0.554. The van der Waals surface area contributed by atoms with Gasteiger partial charge >= 0.3 is 6.03 Å². The molecule has 2 bridgehead atoms. The summed E-state index contributed by atoms with van der Waals surface area (Å²) in [4.78, 5) is 25.6. The summed E-state index contributed by atoms with van der Waals surface area (Å²) in [6, 6.07) is 0.0670. The Balaban J connectivity index is 1.90. The van der Waals surface area contributed by atoms with Gasteiger partial charge in [-0.25, -0.2) is 4.79 Å². The Morgan fingerprint density at radius 1 is 1.39 bits per heavy atom. The van der Waals surface area contributed by atoms with Crippen LogP contribution >= 0.6 is 0 Å². The Kier molecular flexibility index (Phi) is 2.44. The minimum atomic E-state index is -0.796. The molecule has 0 aliphatic carbocycles. The number of nitrogens with one attached hydrogen (secondary N) is 2. The van der Waals surface area contributed by atoms with Gasteiger partial charge < -0.3 is 10.4 Å². The Labute approximate surface area is 106 Å². The van der Waals surface area contributed by atoms with Crippen LogP contribution in [0.25, 0.3) is 0 Å². The van der Waals surface area contributed by atoms with Crippen molar-refractivity contribution in [3.8, 4) is 0 Å². The molecule has 3 saturated heterocycles. The minimum absolute atomic E-state index is 0.0344. The summed E-state index contributed by atoms with van der Waals surface area (Å²) in [6.45, 7) is 4.20. The van der Waals surface area contributed by atoms with Crippen molar-refractivity contribution in [2.45, 2.75) is 62.9 Å². The minimum Gasteiger partial charge on any atom is -0.391 e. The number of imide groups is 1. The first-order valence-electron chi connectivity index (χ1n) is 6.52. The Morgan fingerprint density at radius 2 is 2.11 bits per heavy atom. The monoisotopic (exact) mass is 253 g/mol. The summed E-state index contributed by atoms with van der Waals surface area (Å²) in [5.41, 5.74) is -0.796. The van der Waals surface area contributed by atoms with Gasteiger partial charge in [0.25, 0.3) is 5.91 Å². The maximum absolute atomic E-state index is 12.0. The van der Waals surface area contributed by atoms with E-state index in [2.05, 4.69) is 29.4 Å². The predicted octanol–water partition coefficient (Wildman–Crippen LogP) is -0.429. The van der Waals surface area contributed by atoms with Gasteiger partial charge in [-0.05, 0) is 33.1 Å². The van der Waals surface area contributed by atoms with Gasteiger partial charge in [0.1, 0.15) is 5.54 Å². The fourth-order valence-corrected chi connectivity index (χ4v) is 3.92. The number of carbonyl (C=O) groups is 2. The molecule has 18 heavy (non-hydrogen) atoms. The molecular weight excluding hydrogens is 234 g/mol. The maximum Gasteiger partial charge on any atom is 0.322 e. The molecule has 6 nitrogen and oxygen atoms in total. The van der Waals surface area contributed by atoms with Crippen LogP contribution in [-0.2, 0) is 4.79 Å². The summed E-state index contributed by atoms with van der Waals surface area (Å²) in [7, 11) is 0. The van der Waals surface area contributed by atoms with Crippen molar-refractivity contribution in [3.63, 3.8) is 0 Å². The van der Waals surface area contributed by atoms with Crippen LogP contribution in [0.1, 0.15) is 33.1 Å². The van der Waals surface area contributed by atoms with Crippen molar-refractivity contribution in [1.82, 2.24) is 15.5 Å². The van der Waals surface area contributed by atoms with Crippen LogP contribution in [0.15, 0.2) is 0 Å². The van der Waals surface area contributed by atoms with E-state index in [1.165, 1.54) is 0 Å². The number of piperidine rings is 1. The highest BCUT2D eigenvalue weighted by molar-refractivity contribution is 6.07. The molecule has 3 aliphatic rings. The van der Waals surface area contributed by atoms with Crippen LogP contribution in [0, 0.1) is 0 Å². The first-order valence-corrected chi connectivity index (χ1v) is 6.52. The van der Waals surface area contributed by atoms with Crippen molar-refractivity contribution in [2.24, 2.45) is 0 Å². The maximum atomic E-state index is 12.0. The number of hydrogen-bond acceptors (Lipinski definition) is 4.